The van der Waals surface area contributed by atoms with E-state index >= 15 is 0 Å². The van der Waals surface area contributed by atoms with Gasteiger partial charge >= 0.3 is 5.97 Å². The van der Waals surface area contributed by atoms with Crippen LogP contribution in [0.2, 0.25) is 0 Å². The van der Waals surface area contributed by atoms with Crippen molar-refractivity contribution >= 4 is 52.3 Å². The van der Waals surface area contributed by atoms with Crippen LogP contribution in [0.3, 0.4) is 0 Å². The average Bonchev–Trinajstić information content (AvgIpc) is 3.40. The van der Waals surface area contributed by atoms with E-state index in [0.29, 0.717) is 16.3 Å². The van der Waals surface area contributed by atoms with Crippen molar-refractivity contribution in [1.82, 2.24) is 0 Å². The Hall–Kier alpha value is -3.88. The number of carboxylic acid groups (broad SMARTS) is 1. The number of hydrogen-bond donors (Lipinski definition) is 3. The van der Waals surface area contributed by atoms with Crippen molar-refractivity contribution in [1.29, 1.82) is 0 Å². The molecular formula is C26H20N2O4S2. The monoisotopic (exact) mass is 488 g/mol. The molecule has 34 heavy (non-hydrogen) atoms. The number of carbonyl (C=O) groups excluding carboxylic acids is 2. The summed E-state index contributed by atoms with van der Waals surface area (Å²) in [7, 11) is 0. The molecule has 0 aliphatic carbocycles. The van der Waals surface area contributed by atoms with Crippen LogP contribution < -0.4 is 10.6 Å². The first-order valence-electron chi connectivity index (χ1n) is 10.3. The Kier molecular flexibility index (Phi) is 7.41. The van der Waals surface area contributed by atoms with E-state index in [1.54, 1.807) is 30.3 Å². The topological polar surface area (TPSA) is 95.5 Å². The summed E-state index contributed by atoms with van der Waals surface area (Å²) in [6.07, 6.45) is 0. The van der Waals surface area contributed by atoms with Crippen LogP contribution in [0.5, 0.6) is 0 Å². The van der Waals surface area contributed by atoms with Gasteiger partial charge in [-0.15, -0.1) is 23.1 Å². The molecule has 3 N–H and O–H groups in total. The van der Waals surface area contributed by atoms with Crippen molar-refractivity contribution in [2.24, 2.45) is 0 Å². The highest BCUT2D eigenvalue weighted by Crippen LogP contribution is 2.36. The normalized spacial score (nSPS) is 11.4. The number of benzene rings is 3. The Morgan fingerprint density at radius 1 is 0.765 bits per heavy atom. The van der Waals surface area contributed by atoms with Gasteiger partial charge in [0.15, 0.2) is 0 Å². The van der Waals surface area contributed by atoms with Gasteiger partial charge in [0.25, 0.3) is 5.91 Å². The molecule has 0 aliphatic rings. The second-order valence-corrected chi connectivity index (χ2v) is 9.36. The summed E-state index contributed by atoms with van der Waals surface area (Å²) in [6, 6.07) is 26.4. The van der Waals surface area contributed by atoms with Crippen LogP contribution in [-0.4, -0.2) is 22.9 Å². The molecule has 6 nitrogen and oxygen atoms in total. The van der Waals surface area contributed by atoms with Crippen LogP contribution in [0.15, 0.2) is 101 Å². The maximum Gasteiger partial charge on any atom is 0.335 e. The second kappa shape index (κ2) is 10.8. The summed E-state index contributed by atoms with van der Waals surface area (Å²) >= 11 is 2.76. The second-order valence-electron chi connectivity index (χ2n) is 7.24. The van der Waals surface area contributed by atoms with Gasteiger partial charge in [0.2, 0.25) is 5.91 Å². The standard InChI is InChI=1S/C26H20N2O4S2/c29-24(22-7-4-16-33-22)27-20-12-14-21(15-13-20)34-23(17-5-2-1-3-6-17)25(30)28-19-10-8-18(9-11-19)26(31)32/h1-16,23H,(H,27,29)(H,28,30)(H,31,32). The number of carbonyl (C=O) groups is 3. The minimum Gasteiger partial charge on any atom is -0.478 e. The molecule has 170 valence electrons. The van der Waals surface area contributed by atoms with Gasteiger partial charge in [0.05, 0.1) is 10.4 Å². The quantitative estimate of drug-likeness (QED) is 0.258. The molecule has 0 fully saturated rings. The molecule has 0 bridgehead atoms. The highest BCUT2D eigenvalue weighted by Gasteiger charge is 2.22. The lowest BCUT2D eigenvalue weighted by molar-refractivity contribution is -0.115. The lowest BCUT2D eigenvalue weighted by atomic mass is 10.1. The third kappa shape index (κ3) is 5.92. The maximum absolute atomic E-state index is 13.2. The summed E-state index contributed by atoms with van der Waals surface area (Å²) in [6.45, 7) is 0. The van der Waals surface area contributed by atoms with Gasteiger partial charge in [-0.2, -0.15) is 0 Å². The van der Waals surface area contributed by atoms with Crippen LogP contribution in [0.4, 0.5) is 11.4 Å². The van der Waals surface area contributed by atoms with Gasteiger partial charge in [0, 0.05) is 16.3 Å². The first-order chi connectivity index (χ1) is 16.5. The predicted molar refractivity (Wildman–Crippen MR) is 136 cm³/mol. The minimum absolute atomic E-state index is 0.151. The summed E-state index contributed by atoms with van der Waals surface area (Å²) in [5, 5.41) is 16.1. The number of rotatable bonds is 8. The van der Waals surface area contributed by atoms with Crippen molar-refractivity contribution in [3.63, 3.8) is 0 Å². The smallest absolute Gasteiger partial charge is 0.335 e. The summed E-state index contributed by atoms with van der Waals surface area (Å²) in [5.74, 6) is -1.41. The number of aromatic carboxylic acids is 1. The lowest BCUT2D eigenvalue weighted by Gasteiger charge is -2.17. The number of amides is 2. The largest absolute Gasteiger partial charge is 0.478 e. The van der Waals surface area contributed by atoms with Crippen LogP contribution in [0.1, 0.15) is 30.8 Å². The Balaban J connectivity index is 1.48. The molecule has 2 amide bonds. The first kappa shape index (κ1) is 23.3. The SMILES string of the molecule is O=C(O)c1ccc(NC(=O)C(Sc2ccc(NC(=O)c3cccs3)cc2)c2ccccc2)cc1. The third-order valence-electron chi connectivity index (χ3n) is 4.85. The molecule has 1 unspecified atom stereocenters. The zero-order valence-electron chi connectivity index (χ0n) is 17.8. The van der Waals surface area contributed by atoms with Gasteiger partial charge in [-0.1, -0.05) is 36.4 Å². The van der Waals surface area contributed by atoms with E-state index in [0.717, 1.165) is 10.5 Å². The van der Waals surface area contributed by atoms with Crippen LogP contribution >= 0.6 is 23.1 Å². The summed E-state index contributed by atoms with van der Waals surface area (Å²) in [5.41, 5.74) is 2.17. The molecule has 8 heteroatoms. The fourth-order valence-corrected chi connectivity index (χ4v) is 4.80. The van der Waals surface area contributed by atoms with E-state index in [-0.39, 0.29) is 17.4 Å². The fourth-order valence-electron chi connectivity index (χ4n) is 3.16. The Morgan fingerprint density at radius 3 is 2.03 bits per heavy atom. The number of thioether (sulfide) groups is 1. The van der Waals surface area contributed by atoms with Gasteiger partial charge in [0.1, 0.15) is 5.25 Å². The molecule has 0 aliphatic heterocycles. The summed E-state index contributed by atoms with van der Waals surface area (Å²) in [4.78, 5) is 38.0. The van der Waals surface area contributed by atoms with Crippen LogP contribution in [0.25, 0.3) is 0 Å². The van der Waals surface area contributed by atoms with E-state index < -0.39 is 11.2 Å². The lowest BCUT2D eigenvalue weighted by Crippen LogP contribution is -2.19. The van der Waals surface area contributed by atoms with Crippen molar-refractivity contribution in [2.75, 3.05) is 10.6 Å². The molecular weight excluding hydrogens is 468 g/mol. The van der Waals surface area contributed by atoms with Gasteiger partial charge in [-0.25, -0.2) is 4.79 Å². The Morgan fingerprint density at radius 2 is 1.41 bits per heavy atom. The van der Waals surface area contributed by atoms with Gasteiger partial charge < -0.3 is 15.7 Å². The molecule has 0 saturated heterocycles. The van der Waals surface area contributed by atoms with Crippen molar-refractivity contribution in [3.05, 3.63) is 112 Å². The minimum atomic E-state index is -1.02. The molecule has 3 aromatic carbocycles. The van der Waals surface area contributed by atoms with Gasteiger partial charge in [-0.3, -0.25) is 9.59 Å². The number of anilines is 2. The molecule has 0 radical (unpaired) electrons. The molecule has 4 aromatic rings. The number of thiophene rings is 1. The molecule has 4 rings (SSSR count). The fraction of sp³-hybridized carbons (Fsp3) is 0.0385. The Labute approximate surface area is 204 Å². The van der Waals surface area contributed by atoms with Crippen LogP contribution in [-0.2, 0) is 4.79 Å². The van der Waals surface area contributed by atoms with Crippen molar-refractivity contribution < 1.29 is 19.5 Å². The van der Waals surface area contributed by atoms with E-state index in [2.05, 4.69) is 10.6 Å². The summed E-state index contributed by atoms with van der Waals surface area (Å²) < 4.78 is 0. The number of carboxylic acids is 1. The zero-order chi connectivity index (χ0) is 23.9. The molecule has 1 heterocycles. The van der Waals surface area contributed by atoms with E-state index in [9.17, 15) is 14.4 Å². The average molecular weight is 489 g/mol. The molecule has 1 aromatic heterocycles. The van der Waals surface area contributed by atoms with E-state index in [1.807, 2.05) is 53.9 Å². The van der Waals surface area contributed by atoms with E-state index in [4.69, 9.17) is 5.11 Å². The van der Waals surface area contributed by atoms with Crippen LogP contribution in [0, 0.1) is 0 Å². The van der Waals surface area contributed by atoms with E-state index in [1.165, 1.54) is 35.2 Å². The predicted octanol–water partition coefficient (Wildman–Crippen LogP) is 6.17. The van der Waals surface area contributed by atoms with Crippen molar-refractivity contribution in [2.45, 2.75) is 10.1 Å². The van der Waals surface area contributed by atoms with Crippen molar-refractivity contribution in [3.8, 4) is 0 Å². The maximum atomic E-state index is 13.2. The number of nitrogens with one attached hydrogen (secondary N) is 2. The number of hydrogen-bond acceptors (Lipinski definition) is 5. The Bertz CT molecular complexity index is 1270. The third-order valence-corrected chi connectivity index (χ3v) is 6.99. The first-order valence-corrected chi connectivity index (χ1v) is 12.1. The zero-order valence-corrected chi connectivity index (χ0v) is 19.4. The molecule has 1 atom stereocenters. The highest BCUT2D eigenvalue weighted by molar-refractivity contribution is 8.00. The molecule has 0 saturated carbocycles. The highest BCUT2D eigenvalue weighted by atomic mass is 32.2. The molecule has 0 spiro atoms. The van der Waals surface area contributed by atoms with Gasteiger partial charge in [-0.05, 0) is 65.5 Å².